The third-order valence-corrected chi connectivity index (χ3v) is 2.50. The van der Waals surface area contributed by atoms with Crippen molar-refractivity contribution in [1.29, 1.82) is 0 Å². The molecule has 1 aromatic carbocycles. The third-order valence-electron chi connectivity index (χ3n) is 2.50. The summed E-state index contributed by atoms with van der Waals surface area (Å²) in [5.74, 6) is 2.06. The normalized spacial score (nSPS) is 12.2. The summed E-state index contributed by atoms with van der Waals surface area (Å²) in [5.41, 5.74) is 6.66. The minimum atomic E-state index is 0.469. The number of methoxy groups -OCH3 is 1. The van der Waals surface area contributed by atoms with Gasteiger partial charge in [-0.1, -0.05) is 13.0 Å². The molecule has 0 amide bonds. The maximum Gasteiger partial charge on any atom is 0.161 e. The van der Waals surface area contributed by atoms with Crippen LogP contribution in [-0.2, 0) is 0 Å². The summed E-state index contributed by atoms with van der Waals surface area (Å²) >= 11 is 0. The van der Waals surface area contributed by atoms with Gasteiger partial charge in [0.25, 0.3) is 0 Å². The number of hydrogen-bond donors (Lipinski definition) is 1. The highest BCUT2D eigenvalue weighted by molar-refractivity contribution is 5.42. The number of rotatable bonds is 6. The predicted molar refractivity (Wildman–Crippen MR) is 66.1 cm³/mol. The van der Waals surface area contributed by atoms with Crippen LogP contribution in [0.1, 0.15) is 18.9 Å². The van der Waals surface area contributed by atoms with E-state index in [0.717, 1.165) is 17.9 Å². The van der Waals surface area contributed by atoms with E-state index in [2.05, 4.69) is 6.92 Å². The van der Waals surface area contributed by atoms with E-state index in [-0.39, 0.29) is 0 Å². The van der Waals surface area contributed by atoms with E-state index < -0.39 is 0 Å². The standard InChI is InChI=1S/C13H21NO2/c1-10-4-5-12(13(8-10)15-3)16-9-11(2)6-7-14/h4-5,8,11H,6-7,9,14H2,1-3H3. The fraction of sp³-hybridized carbons (Fsp3) is 0.538. The zero-order chi connectivity index (χ0) is 12.0. The molecular weight excluding hydrogens is 202 g/mol. The van der Waals surface area contributed by atoms with Crippen LogP contribution in [0.4, 0.5) is 0 Å². The molecule has 2 N–H and O–H groups in total. The van der Waals surface area contributed by atoms with E-state index in [4.69, 9.17) is 15.2 Å². The number of hydrogen-bond acceptors (Lipinski definition) is 3. The molecule has 0 radical (unpaired) electrons. The van der Waals surface area contributed by atoms with Crippen LogP contribution in [0.25, 0.3) is 0 Å². The average Bonchev–Trinajstić information content (AvgIpc) is 2.27. The van der Waals surface area contributed by atoms with E-state index in [9.17, 15) is 0 Å². The van der Waals surface area contributed by atoms with Gasteiger partial charge in [0.1, 0.15) is 0 Å². The Morgan fingerprint density at radius 2 is 2.06 bits per heavy atom. The molecule has 1 rings (SSSR count). The van der Waals surface area contributed by atoms with Gasteiger partial charge in [-0.15, -0.1) is 0 Å². The summed E-state index contributed by atoms with van der Waals surface area (Å²) in [7, 11) is 1.66. The van der Waals surface area contributed by atoms with Crippen LogP contribution < -0.4 is 15.2 Å². The Bertz CT molecular complexity index is 326. The number of nitrogens with two attached hydrogens (primary N) is 1. The summed E-state index contributed by atoms with van der Waals surface area (Å²) in [6.07, 6.45) is 0.980. The average molecular weight is 223 g/mol. The van der Waals surface area contributed by atoms with Gasteiger partial charge in [-0.3, -0.25) is 0 Å². The maximum absolute atomic E-state index is 5.72. The molecule has 0 heterocycles. The molecule has 1 aromatic rings. The Labute approximate surface area is 97.6 Å². The van der Waals surface area contributed by atoms with Crippen LogP contribution >= 0.6 is 0 Å². The van der Waals surface area contributed by atoms with Gasteiger partial charge in [0, 0.05) is 0 Å². The van der Waals surface area contributed by atoms with E-state index >= 15 is 0 Å². The van der Waals surface area contributed by atoms with Gasteiger partial charge in [0.05, 0.1) is 13.7 Å². The fourth-order valence-corrected chi connectivity index (χ4v) is 1.49. The van der Waals surface area contributed by atoms with Crippen molar-refractivity contribution in [3.05, 3.63) is 23.8 Å². The molecule has 3 nitrogen and oxygen atoms in total. The molecule has 90 valence electrons. The lowest BCUT2D eigenvalue weighted by molar-refractivity contribution is 0.242. The summed E-state index contributed by atoms with van der Waals surface area (Å²) in [5, 5.41) is 0. The molecule has 0 fully saturated rings. The third kappa shape index (κ3) is 3.74. The van der Waals surface area contributed by atoms with Crippen LogP contribution in [-0.4, -0.2) is 20.3 Å². The molecule has 0 bridgehead atoms. The fourth-order valence-electron chi connectivity index (χ4n) is 1.49. The van der Waals surface area contributed by atoms with Crippen LogP contribution in [0, 0.1) is 12.8 Å². The lowest BCUT2D eigenvalue weighted by Gasteiger charge is -2.14. The van der Waals surface area contributed by atoms with Crippen molar-refractivity contribution in [2.24, 2.45) is 11.7 Å². The Morgan fingerprint density at radius 3 is 2.69 bits per heavy atom. The summed E-state index contributed by atoms with van der Waals surface area (Å²) in [4.78, 5) is 0. The Balaban J connectivity index is 2.59. The molecule has 1 atom stereocenters. The second-order valence-electron chi connectivity index (χ2n) is 4.15. The van der Waals surface area contributed by atoms with Gasteiger partial charge in [-0.25, -0.2) is 0 Å². The van der Waals surface area contributed by atoms with E-state index in [1.165, 1.54) is 5.56 Å². The largest absolute Gasteiger partial charge is 0.493 e. The molecular formula is C13H21NO2. The lowest BCUT2D eigenvalue weighted by Crippen LogP contribution is -2.13. The zero-order valence-corrected chi connectivity index (χ0v) is 10.3. The monoisotopic (exact) mass is 223 g/mol. The molecule has 1 unspecified atom stereocenters. The van der Waals surface area contributed by atoms with Gasteiger partial charge in [-0.2, -0.15) is 0 Å². The first-order chi connectivity index (χ1) is 7.67. The molecule has 0 aliphatic rings. The van der Waals surface area contributed by atoms with Crippen molar-refractivity contribution in [2.75, 3.05) is 20.3 Å². The van der Waals surface area contributed by atoms with Crippen LogP contribution in [0.15, 0.2) is 18.2 Å². The maximum atomic E-state index is 5.72. The number of aryl methyl sites for hydroxylation is 1. The first kappa shape index (κ1) is 12.8. The Kier molecular flexibility index (Phi) is 5.12. The smallest absolute Gasteiger partial charge is 0.161 e. The SMILES string of the molecule is COc1cc(C)ccc1OCC(C)CCN. The zero-order valence-electron chi connectivity index (χ0n) is 10.3. The van der Waals surface area contributed by atoms with Crippen molar-refractivity contribution in [1.82, 2.24) is 0 Å². The van der Waals surface area contributed by atoms with Crippen LogP contribution in [0.3, 0.4) is 0 Å². The number of benzene rings is 1. The van der Waals surface area contributed by atoms with Crippen molar-refractivity contribution in [3.8, 4) is 11.5 Å². The molecule has 0 aliphatic carbocycles. The summed E-state index contributed by atoms with van der Waals surface area (Å²) in [6.45, 7) is 5.54. The lowest BCUT2D eigenvalue weighted by atomic mass is 10.1. The minimum Gasteiger partial charge on any atom is -0.493 e. The van der Waals surface area contributed by atoms with Crippen LogP contribution in [0.2, 0.25) is 0 Å². The van der Waals surface area contributed by atoms with E-state index in [1.54, 1.807) is 7.11 Å². The molecule has 0 saturated carbocycles. The number of ether oxygens (including phenoxy) is 2. The second kappa shape index (κ2) is 6.38. The molecule has 0 saturated heterocycles. The second-order valence-corrected chi connectivity index (χ2v) is 4.15. The Morgan fingerprint density at radius 1 is 1.31 bits per heavy atom. The van der Waals surface area contributed by atoms with Gasteiger partial charge in [0.15, 0.2) is 11.5 Å². The molecule has 0 aromatic heterocycles. The quantitative estimate of drug-likeness (QED) is 0.805. The minimum absolute atomic E-state index is 0.469. The molecule has 0 aliphatic heterocycles. The summed E-state index contributed by atoms with van der Waals surface area (Å²) in [6, 6.07) is 5.94. The highest BCUT2D eigenvalue weighted by atomic mass is 16.5. The highest BCUT2D eigenvalue weighted by Crippen LogP contribution is 2.28. The van der Waals surface area contributed by atoms with Crippen LogP contribution in [0.5, 0.6) is 11.5 Å². The predicted octanol–water partition coefficient (Wildman–Crippen LogP) is 2.37. The van der Waals surface area contributed by atoms with Gasteiger partial charge >= 0.3 is 0 Å². The van der Waals surface area contributed by atoms with Gasteiger partial charge in [0.2, 0.25) is 0 Å². The van der Waals surface area contributed by atoms with Gasteiger partial charge < -0.3 is 15.2 Å². The van der Waals surface area contributed by atoms with Gasteiger partial charge in [-0.05, 0) is 43.5 Å². The molecule has 3 heteroatoms. The van der Waals surface area contributed by atoms with Crippen molar-refractivity contribution >= 4 is 0 Å². The first-order valence-electron chi connectivity index (χ1n) is 5.65. The van der Waals surface area contributed by atoms with Crippen molar-refractivity contribution < 1.29 is 9.47 Å². The van der Waals surface area contributed by atoms with E-state index in [0.29, 0.717) is 19.1 Å². The van der Waals surface area contributed by atoms with E-state index in [1.807, 2.05) is 25.1 Å². The van der Waals surface area contributed by atoms with Crippen molar-refractivity contribution in [2.45, 2.75) is 20.3 Å². The van der Waals surface area contributed by atoms with Crippen molar-refractivity contribution in [3.63, 3.8) is 0 Å². The Hall–Kier alpha value is -1.22. The topological polar surface area (TPSA) is 44.5 Å². The molecule has 0 spiro atoms. The highest BCUT2D eigenvalue weighted by Gasteiger charge is 2.06. The molecule has 16 heavy (non-hydrogen) atoms. The summed E-state index contributed by atoms with van der Waals surface area (Å²) < 4.78 is 11.0. The first-order valence-corrected chi connectivity index (χ1v) is 5.65.